The number of halogens is 3. The van der Waals surface area contributed by atoms with Crippen molar-refractivity contribution in [2.24, 2.45) is 5.92 Å². The zero-order valence-electron chi connectivity index (χ0n) is 18.7. The lowest BCUT2D eigenvalue weighted by Gasteiger charge is -2.39. The lowest BCUT2D eigenvalue weighted by Crippen LogP contribution is -2.41. The highest BCUT2D eigenvalue weighted by atomic mass is 32.1. The van der Waals surface area contributed by atoms with E-state index in [1.807, 2.05) is 6.07 Å². The van der Waals surface area contributed by atoms with E-state index in [0.717, 1.165) is 49.4 Å². The number of carbonyl (C=O) groups is 2. The number of aromatic nitrogens is 1. The number of rotatable bonds is 7. The molecule has 1 aromatic carbocycles. The van der Waals surface area contributed by atoms with Crippen molar-refractivity contribution in [1.82, 2.24) is 14.6 Å². The van der Waals surface area contributed by atoms with Gasteiger partial charge in [0, 0.05) is 30.8 Å². The van der Waals surface area contributed by atoms with E-state index in [1.54, 1.807) is 6.20 Å². The average Bonchev–Trinajstić information content (AvgIpc) is 3.51. The van der Waals surface area contributed by atoms with Crippen LogP contribution in [0.3, 0.4) is 0 Å². The number of aliphatic hydroxyl groups is 1. The number of carbonyl (C=O) groups excluding carboxylic acids is 2. The summed E-state index contributed by atoms with van der Waals surface area (Å²) in [6.45, 7) is 1.51. The normalized spacial score (nSPS) is 25.9. The lowest BCUT2D eigenvalue weighted by atomic mass is 9.81. The Bertz CT molecular complexity index is 1000. The molecule has 1 aliphatic heterocycles. The smallest absolute Gasteiger partial charge is 0.384 e. The summed E-state index contributed by atoms with van der Waals surface area (Å²) in [5.41, 5.74) is -1.80. The second-order valence-electron chi connectivity index (χ2n) is 9.29. The van der Waals surface area contributed by atoms with Crippen LogP contribution in [0.1, 0.15) is 59.3 Å². The van der Waals surface area contributed by atoms with E-state index >= 15 is 0 Å². The third-order valence-corrected chi connectivity index (χ3v) is 7.87. The first-order chi connectivity index (χ1) is 16.1. The maximum absolute atomic E-state index is 12.8. The number of nitrogens with one attached hydrogen (secondary N) is 1. The largest absolute Gasteiger partial charge is 0.416 e. The summed E-state index contributed by atoms with van der Waals surface area (Å²) in [6.07, 6.45) is 1.58. The molecule has 0 radical (unpaired) electrons. The van der Waals surface area contributed by atoms with Crippen LogP contribution in [0, 0.1) is 5.92 Å². The molecule has 1 saturated heterocycles. The number of benzene rings is 1. The SMILES string of the molecule is O=C(CNC(=O)c1cccc(C(F)(F)F)c1)C[C@@H]1CCN(C2CCC(O)(c3ccns3)CC2)C1. The Morgan fingerprint density at radius 1 is 1.21 bits per heavy atom. The quantitative estimate of drug-likeness (QED) is 0.607. The van der Waals surface area contributed by atoms with Crippen LogP contribution in [0.25, 0.3) is 0 Å². The number of nitrogens with zero attached hydrogens (tertiary/aromatic N) is 2. The summed E-state index contributed by atoms with van der Waals surface area (Å²) in [6, 6.07) is 6.43. The lowest BCUT2D eigenvalue weighted by molar-refractivity contribution is -0.137. The Hall–Kier alpha value is -2.30. The summed E-state index contributed by atoms with van der Waals surface area (Å²) in [4.78, 5) is 27.9. The molecule has 2 aliphatic rings. The first-order valence-electron chi connectivity index (χ1n) is 11.5. The van der Waals surface area contributed by atoms with Crippen LogP contribution in [-0.2, 0) is 16.6 Å². The minimum Gasteiger partial charge on any atom is -0.384 e. The average molecular weight is 496 g/mol. The van der Waals surface area contributed by atoms with Crippen molar-refractivity contribution in [2.75, 3.05) is 19.6 Å². The summed E-state index contributed by atoms with van der Waals surface area (Å²) in [5, 5.41) is 13.4. The molecule has 0 bridgehead atoms. The molecular formula is C24H28F3N3O3S. The minimum absolute atomic E-state index is 0.120. The molecule has 6 nitrogen and oxygen atoms in total. The van der Waals surface area contributed by atoms with Crippen molar-refractivity contribution in [3.8, 4) is 0 Å². The Labute approximate surface area is 200 Å². The van der Waals surface area contributed by atoms with Gasteiger partial charge in [0.15, 0.2) is 5.78 Å². The molecule has 1 aromatic heterocycles. The second-order valence-corrected chi connectivity index (χ2v) is 10.1. The number of hydrogen-bond acceptors (Lipinski definition) is 6. The zero-order valence-corrected chi connectivity index (χ0v) is 19.5. The van der Waals surface area contributed by atoms with Crippen molar-refractivity contribution in [3.63, 3.8) is 0 Å². The number of likely N-dealkylation sites (tertiary alicyclic amines) is 1. The van der Waals surface area contributed by atoms with Gasteiger partial charge in [0.1, 0.15) is 5.60 Å². The molecular weight excluding hydrogens is 467 g/mol. The predicted molar refractivity (Wildman–Crippen MR) is 121 cm³/mol. The van der Waals surface area contributed by atoms with E-state index in [-0.39, 0.29) is 23.8 Å². The molecule has 34 heavy (non-hydrogen) atoms. The van der Waals surface area contributed by atoms with Gasteiger partial charge in [-0.2, -0.15) is 13.2 Å². The van der Waals surface area contributed by atoms with Gasteiger partial charge in [-0.05, 0) is 80.4 Å². The molecule has 2 fully saturated rings. The van der Waals surface area contributed by atoms with Crippen molar-refractivity contribution >= 4 is 23.2 Å². The molecule has 1 aliphatic carbocycles. The second kappa shape index (κ2) is 10.1. The minimum atomic E-state index is -4.53. The van der Waals surface area contributed by atoms with Crippen LogP contribution < -0.4 is 5.32 Å². The Morgan fingerprint density at radius 3 is 2.65 bits per heavy atom. The van der Waals surface area contributed by atoms with Crippen molar-refractivity contribution in [1.29, 1.82) is 0 Å². The van der Waals surface area contributed by atoms with Crippen LogP contribution in [0.5, 0.6) is 0 Å². The van der Waals surface area contributed by atoms with E-state index in [4.69, 9.17) is 0 Å². The molecule has 0 unspecified atom stereocenters. The number of ketones is 1. The molecule has 4 rings (SSSR count). The maximum atomic E-state index is 12.8. The molecule has 2 aromatic rings. The predicted octanol–water partition coefficient (Wildman–Crippen LogP) is 4.00. The van der Waals surface area contributed by atoms with Crippen LogP contribution in [-0.4, -0.2) is 51.7 Å². The molecule has 10 heteroatoms. The first kappa shape index (κ1) is 24.8. The van der Waals surface area contributed by atoms with E-state index in [9.17, 15) is 27.9 Å². The molecule has 1 saturated carbocycles. The molecule has 184 valence electrons. The van der Waals surface area contributed by atoms with Crippen molar-refractivity contribution in [2.45, 2.75) is 56.3 Å². The molecule has 2 heterocycles. The van der Waals surface area contributed by atoms with Gasteiger partial charge in [0.25, 0.3) is 5.91 Å². The topological polar surface area (TPSA) is 82.5 Å². The van der Waals surface area contributed by atoms with Crippen molar-refractivity contribution in [3.05, 3.63) is 52.5 Å². The van der Waals surface area contributed by atoms with E-state index in [2.05, 4.69) is 14.6 Å². The first-order valence-corrected chi connectivity index (χ1v) is 12.3. The van der Waals surface area contributed by atoms with Gasteiger partial charge < -0.3 is 15.3 Å². The summed E-state index contributed by atoms with van der Waals surface area (Å²) >= 11 is 1.34. The Kier molecular flexibility index (Phi) is 7.39. The third kappa shape index (κ3) is 5.84. The van der Waals surface area contributed by atoms with Gasteiger partial charge in [-0.15, -0.1) is 0 Å². The molecule has 1 amide bonds. The highest BCUT2D eigenvalue weighted by Crippen LogP contribution is 2.41. The fraction of sp³-hybridized carbons (Fsp3) is 0.542. The van der Waals surface area contributed by atoms with E-state index in [0.29, 0.717) is 25.3 Å². The number of amides is 1. The fourth-order valence-electron chi connectivity index (χ4n) is 5.02. The van der Waals surface area contributed by atoms with Crippen LogP contribution in [0.2, 0.25) is 0 Å². The Morgan fingerprint density at radius 2 is 1.97 bits per heavy atom. The molecule has 0 spiro atoms. The van der Waals surface area contributed by atoms with Gasteiger partial charge in [0.2, 0.25) is 0 Å². The highest BCUT2D eigenvalue weighted by Gasteiger charge is 2.39. The molecule has 2 N–H and O–H groups in total. The zero-order chi connectivity index (χ0) is 24.3. The van der Waals surface area contributed by atoms with E-state index < -0.39 is 23.2 Å². The third-order valence-electron chi connectivity index (χ3n) is 6.93. The van der Waals surface area contributed by atoms with Crippen LogP contribution >= 0.6 is 11.5 Å². The highest BCUT2D eigenvalue weighted by molar-refractivity contribution is 7.05. The number of Topliss-reactive ketones (excluding diaryl/α,β-unsaturated/α-hetero) is 1. The van der Waals surface area contributed by atoms with Gasteiger partial charge in [-0.25, -0.2) is 4.37 Å². The van der Waals surface area contributed by atoms with Crippen LogP contribution in [0.15, 0.2) is 36.5 Å². The van der Waals surface area contributed by atoms with Crippen molar-refractivity contribution < 1.29 is 27.9 Å². The van der Waals surface area contributed by atoms with Crippen LogP contribution in [0.4, 0.5) is 13.2 Å². The summed E-state index contributed by atoms with van der Waals surface area (Å²) in [5.74, 6) is -0.626. The van der Waals surface area contributed by atoms with Gasteiger partial charge in [-0.3, -0.25) is 9.59 Å². The van der Waals surface area contributed by atoms with E-state index in [1.165, 1.54) is 23.7 Å². The Balaban J connectivity index is 1.21. The molecule has 1 atom stereocenters. The number of hydrogen-bond donors (Lipinski definition) is 2. The van der Waals surface area contributed by atoms with Gasteiger partial charge in [-0.1, -0.05) is 6.07 Å². The summed E-state index contributed by atoms with van der Waals surface area (Å²) < 4.78 is 42.6. The van der Waals surface area contributed by atoms with Gasteiger partial charge >= 0.3 is 6.18 Å². The maximum Gasteiger partial charge on any atom is 0.416 e. The van der Waals surface area contributed by atoms with Gasteiger partial charge in [0.05, 0.1) is 17.0 Å². The fourth-order valence-corrected chi connectivity index (χ4v) is 5.75. The monoisotopic (exact) mass is 495 g/mol. The standard InChI is InChI=1S/C24H28F3N3O3S/c25-24(26,27)18-3-1-2-17(13-18)22(32)28-14-20(31)12-16-7-11-30(15-16)19-4-8-23(33,9-5-19)21-6-10-29-34-21/h1-3,6,10,13,16,19,33H,4-5,7-9,11-12,14-15H2,(H,28,32)/t16-,19?,23?/m0/s1. The number of alkyl halides is 3. The summed E-state index contributed by atoms with van der Waals surface area (Å²) in [7, 11) is 0.